The molecule has 180 valence electrons. The Labute approximate surface area is 202 Å². The number of hydrogen-bond donors (Lipinski definition) is 1. The van der Waals surface area contributed by atoms with Crippen LogP contribution in [0.1, 0.15) is 34.0 Å². The number of methoxy groups -OCH3 is 1. The van der Waals surface area contributed by atoms with Crippen LogP contribution in [-0.2, 0) is 27.9 Å². The van der Waals surface area contributed by atoms with Gasteiger partial charge in [0.2, 0.25) is 0 Å². The van der Waals surface area contributed by atoms with Gasteiger partial charge >= 0.3 is 0 Å². The van der Waals surface area contributed by atoms with Crippen molar-refractivity contribution in [2.45, 2.75) is 20.0 Å². The molecule has 0 saturated carbocycles. The highest BCUT2D eigenvalue weighted by atomic mass is 32.2. The number of nitrogens with one attached hydrogen (secondary N) is 1. The average Bonchev–Trinajstić information content (AvgIpc) is 3.02. The fraction of sp³-hybridized carbons (Fsp3) is 0.154. The number of rotatable bonds is 7. The lowest BCUT2D eigenvalue weighted by atomic mass is 10.1. The van der Waals surface area contributed by atoms with Gasteiger partial charge in [-0.25, -0.2) is 17.1 Å². The van der Waals surface area contributed by atoms with Crippen molar-refractivity contribution in [1.82, 2.24) is 9.62 Å². The Balaban J connectivity index is 1.47. The molecule has 1 aliphatic rings. The minimum Gasteiger partial charge on any atom is -0.497 e. The van der Waals surface area contributed by atoms with Crippen molar-refractivity contribution in [1.29, 1.82) is 0 Å². The summed E-state index contributed by atoms with van der Waals surface area (Å²) in [5, 5.41) is 2.65. The number of nitrogens with zero attached hydrogens (tertiary/aromatic N) is 1. The number of halogens is 1. The molecular weight excluding hydrogens is 471 g/mol. The van der Waals surface area contributed by atoms with Crippen molar-refractivity contribution >= 4 is 26.7 Å². The van der Waals surface area contributed by atoms with Crippen molar-refractivity contribution in [3.8, 4) is 5.75 Å². The number of benzene rings is 3. The van der Waals surface area contributed by atoms with E-state index in [1.807, 2.05) is 0 Å². The zero-order valence-electron chi connectivity index (χ0n) is 19.1. The Kier molecular flexibility index (Phi) is 6.70. The summed E-state index contributed by atoms with van der Waals surface area (Å²) in [6.45, 7) is 1.35. The van der Waals surface area contributed by atoms with E-state index in [9.17, 15) is 22.4 Å². The lowest BCUT2D eigenvalue weighted by Crippen LogP contribution is -2.31. The summed E-state index contributed by atoms with van der Waals surface area (Å²) in [4.78, 5) is 25.2. The highest BCUT2D eigenvalue weighted by Gasteiger charge is 2.42. The number of hydrogen-bond acceptors (Lipinski definition) is 5. The van der Waals surface area contributed by atoms with Crippen LogP contribution in [0.5, 0.6) is 5.75 Å². The zero-order valence-corrected chi connectivity index (χ0v) is 19.9. The minimum atomic E-state index is -4.06. The van der Waals surface area contributed by atoms with E-state index in [1.54, 1.807) is 54.6 Å². The molecule has 9 heteroatoms. The fourth-order valence-electron chi connectivity index (χ4n) is 3.81. The third kappa shape index (κ3) is 4.81. The summed E-state index contributed by atoms with van der Waals surface area (Å²) in [7, 11) is -2.55. The lowest BCUT2D eigenvalue weighted by Gasteiger charge is -2.17. The molecule has 0 unspecified atom stereocenters. The molecule has 0 atom stereocenters. The summed E-state index contributed by atoms with van der Waals surface area (Å²) in [6, 6.07) is 18.9. The number of amides is 2. The first-order valence-electron chi connectivity index (χ1n) is 10.8. The maximum absolute atomic E-state index is 13.7. The van der Waals surface area contributed by atoms with Gasteiger partial charge in [0.05, 0.1) is 13.7 Å². The highest BCUT2D eigenvalue weighted by Crippen LogP contribution is 2.37. The molecule has 0 fully saturated rings. The van der Waals surface area contributed by atoms with Crippen LogP contribution >= 0.6 is 0 Å². The molecule has 0 aromatic heterocycles. The molecule has 7 nitrogen and oxygen atoms in total. The van der Waals surface area contributed by atoms with E-state index in [4.69, 9.17) is 4.74 Å². The Hall–Kier alpha value is -3.98. The third-order valence-corrected chi connectivity index (χ3v) is 7.66. The molecule has 0 aliphatic carbocycles. The predicted octanol–water partition coefficient (Wildman–Crippen LogP) is 3.87. The molecule has 1 aliphatic heterocycles. The third-order valence-electron chi connectivity index (χ3n) is 5.73. The topological polar surface area (TPSA) is 92.8 Å². The number of ether oxygens (including phenoxy) is 1. The maximum atomic E-state index is 13.7. The van der Waals surface area contributed by atoms with Crippen molar-refractivity contribution in [2.75, 3.05) is 7.11 Å². The fourth-order valence-corrected chi connectivity index (χ4v) is 5.61. The van der Waals surface area contributed by atoms with Crippen molar-refractivity contribution < 1.29 is 27.1 Å². The molecule has 3 aromatic carbocycles. The van der Waals surface area contributed by atoms with Crippen molar-refractivity contribution in [3.63, 3.8) is 0 Å². The molecule has 1 heterocycles. The monoisotopic (exact) mass is 494 g/mol. The van der Waals surface area contributed by atoms with Crippen LogP contribution < -0.4 is 10.1 Å². The Morgan fingerprint density at radius 2 is 1.66 bits per heavy atom. The normalized spacial score (nSPS) is 14.8. The van der Waals surface area contributed by atoms with Gasteiger partial charge in [0.1, 0.15) is 16.5 Å². The van der Waals surface area contributed by atoms with Crippen LogP contribution in [-0.4, -0.2) is 31.6 Å². The first-order chi connectivity index (χ1) is 16.7. The molecule has 3 aromatic rings. The molecule has 4 rings (SSSR count). The molecule has 0 saturated heterocycles. The molecule has 35 heavy (non-hydrogen) atoms. The van der Waals surface area contributed by atoms with Crippen LogP contribution in [0.25, 0.3) is 4.91 Å². The quantitative estimate of drug-likeness (QED) is 0.538. The predicted molar refractivity (Wildman–Crippen MR) is 129 cm³/mol. The number of carbonyl (C=O) groups excluding carboxylic acids is 2. The summed E-state index contributed by atoms with van der Waals surface area (Å²) in [5.41, 5.74) is 1.77. The zero-order chi connectivity index (χ0) is 25.2. The number of carbonyl (C=O) groups is 2. The van der Waals surface area contributed by atoms with E-state index < -0.39 is 27.7 Å². The van der Waals surface area contributed by atoms with E-state index in [-0.39, 0.29) is 23.6 Å². The van der Waals surface area contributed by atoms with Crippen LogP contribution in [0, 0.1) is 5.82 Å². The number of sulfonamides is 1. The van der Waals surface area contributed by atoms with Crippen molar-refractivity contribution in [3.05, 3.63) is 106 Å². The Morgan fingerprint density at radius 1 is 1.00 bits per heavy atom. The maximum Gasteiger partial charge on any atom is 0.268 e. The van der Waals surface area contributed by atoms with Gasteiger partial charge in [0.15, 0.2) is 0 Å². The van der Waals surface area contributed by atoms with Crippen LogP contribution in [0.15, 0.2) is 78.4 Å². The van der Waals surface area contributed by atoms with Gasteiger partial charge in [-0.05, 0) is 60.5 Å². The van der Waals surface area contributed by atoms with Gasteiger partial charge in [0.25, 0.3) is 21.8 Å². The molecule has 0 spiro atoms. The van der Waals surface area contributed by atoms with E-state index in [0.717, 1.165) is 4.31 Å². The average molecular weight is 495 g/mol. The van der Waals surface area contributed by atoms with E-state index in [2.05, 4.69) is 5.32 Å². The second kappa shape index (κ2) is 9.71. The van der Waals surface area contributed by atoms with Gasteiger partial charge < -0.3 is 10.1 Å². The molecular formula is C26H23FN2O5S. The highest BCUT2D eigenvalue weighted by molar-refractivity contribution is 7.99. The van der Waals surface area contributed by atoms with E-state index in [0.29, 0.717) is 28.0 Å². The Morgan fingerprint density at radius 3 is 2.29 bits per heavy atom. The summed E-state index contributed by atoms with van der Waals surface area (Å²) < 4.78 is 46.1. The SMILES string of the molecule is COc1ccc(C2=C(C)C(=O)N(Cc3ccc(C(=O)NCc4ccccc4F)cc3)S2(=O)=O)cc1. The molecule has 2 amide bonds. The standard InChI is InChI=1S/C26H23FN2O5S/c1-17-24(19-11-13-22(34-2)14-12-19)35(32,33)29(26(17)31)16-18-7-9-20(10-8-18)25(30)28-15-21-5-3-4-6-23(21)27/h3-14H,15-16H2,1-2H3,(H,28,30). The summed E-state index contributed by atoms with van der Waals surface area (Å²) in [6.07, 6.45) is 0. The summed E-state index contributed by atoms with van der Waals surface area (Å²) in [5.74, 6) is -0.826. The smallest absolute Gasteiger partial charge is 0.268 e. The first kappa shape index (κ1) is 24.2. The molecule has 1 N–H and O–H groups in total. The minimum absolute atomic E-state index is 0.0331. The van der Waals surface area contributed by atoms with Gasteiger partial charge in [-0.3, -0.25) is 9.59 Å². The van der Waals surface area contributed by atoms with E-state index >= 15 is 0 Å². The van der Waals surface area contributed by atoms with Crippen LogP contribution in [0.3, 0.4) is 0 Å². The second-order valence-electron chi connectivity index (χ2n) is 7.97. The largest absolute Gasteiger partial charge is 0.497 e. The lowest BCUT2D eigenvalue weighted by molar-refractivity contribution is -0.122. The van der Waals surface area contributed by atoms with Crippen molar-refractivity contribution in [2.24, 2.45) is 0 Å². The molecule has 0 bridgehead atoms. The Bertz CT molecular complexity index is 1410. The molecule has 0 radical (unpaired) electrons. The van der Waals surface area contributed by atoms with Gasteiger partial charge in [-0.15, -0.1) is 0 Å². The van der Waals surface area contributed by atoms with Gasteiger partial charge in [0, 0.05) is 23.2 Å². The van der Waals surface area contributed by atoms with Crippen LogP contribution in [0.4, 0.5) is 4.39 Å². The second-order valence-corrected chi connectivity index (χ2v) is 9.77. The van der Waals surface area contributed by atoms with Gasteiger partial charge in [-0.1, -0.05) is 30.3 Å². The summed E-state index contributed by atoms with van der Waals surface area (Å²) >= 11 is 0. The first-order valence-corrected chi connectivity index (χ1v) is 12.2. The van der Waals surface area contributed by atoms with E-state index in [1.165, 1.54) is 32.2 Å². The van der Waals surface area contributed by atoms with Gasteiger partial charge in [-0.2, -0.15) is 0 Å². The van der Waals surface area contributed by atoms with Crippen LogP contribution in [0.2, 0.25) is 0 Å².